The van der Waals surface area contributed by atoms with E-state index in [0.717, 1.165) is 38.9 Å². The first-order valence-corrected chi connectivity index (χ1v) is 9.19. The van der Waals surface area contributed by atoms with Crippen molar-refractivity contribution in [2.75, 3.05) is 26.2 Å². The molecule has 0 saturated carbocycles. The maximum Gasteiger partial charge on any atom is 0.0295 e. The summed E-state index contributed by atoms with van der Waals surface area (Å²) in [4.78, 5) is 2.52. The molecule has 2 aliphatic heterocycles. The van der Waals surface area contributed by atoms with Gasteiger partial charge in [-0.2, -0.15) is 5.06 Å². The quantitative estimate of drug-likeness (QED) is 0.734. The maximum atomic E-state index is 9.83. The first-order chi connectivity index (χ1) is 10.7. The molecule has 0 unspecified atom stereocenters. The molecule has 0 aliphatic carbocycles. The van der Waals surface area contributed by atoms with E-state index in [1.54, 1.807) is 0 Å². The lowest BCUT2D eigenvalue weighted by molar-refractivity contribution is -0.135. The zero-order chi connectivity index (χ0) is 17.1. The van der Waals surface area contributed by atoms with E-state index in [2.05, 4.69) is 45.4 Å². The van der Waals surface area contributed by atoms with Crippen LogP contribution in [-0.4, -0.2) is 41.3 Å². The normalized spacial score (nSPS) is 33.8. The molecule has 0 radical (unpaired) electrons. The van der Waals surface area contributed by atoms with Crippen LogP contribution in [0.15, 0.2) is 23.9 Å². The summed E-state index contributed by atoms with van der Waals surface area (Å²) >= 11 is 0. The van der Waals surface area contributed by atoms with Gasteiger partial charge in [0.25, 0.3) is 0 Å². The molecule has 3 heteroatoms. The SMILES string of the molecule is C=C(C)C[C@]1(C)CCCN(/C=C(\C)C[C@]2(C)CCCN(O)C2)C1. The Morgan fingerprint density at radius 2 is 1.65 bits per heavy atom. The molecule has 0 bridgehead atoms. The van der Waals surface area contributed by atoms with E-state index in [1.807, 2.05) is 0 Å². The number of hydroxylamine groups is 2. The van der Waals surface area contributed by atoms with Gasteiger partial charge in [0.2, 0.25) is 0 Å². The fourth-order valence-corrected chi connectivity index (χ4v) is 4.80. The summed E-state index contributed by atoms with van der Waals surface area (Å²) in [5.41, 5.74) is 3.33. The van der Waals surface area contributed by atoms with E-state index in [9.17, 15) is 5.21 Å². The highest BCUT2D eigenvalue weighted by Gasteiger charge is 2.32. The number of nitrogens with zero attached hydrogens (tertiary/aromatic N) is 2. The van der Waals surface area contributed by atoms with Gasteiger partial charge in [-0.05, 0) is 69.4 Å². The standard InChI is InChI=1S/C20H36N2O/c1-17(2)12-19(4)8-6-10-21(15-19)14-18(3)13-20(5)9-7-11-22(23)16-20/h14,23H,1,6-13,15-16H2,2-5H3/b18-14+/t19-,20-/m0/s1. The second-order valence-corrected chi connectivity index (χ2v) is 8.97. The molecule has 1 N–H and O–H groups in total. The Hall–Kier alpha value is -0.800. The molecule has 2 saturated heterocycles. The Morgan fingerprint density at radius 3 is 2.26 bits per heavy atom. The lowest BCUT2D eigenvalue weighted by Gasteiger charge is -2.41. The molecule has 2 fully saturated rings. The monoisotopic (exact) mass is 320 g/mol. The van der Waals surface area contributed by atoms with Crippen molar-refractivity contribution in [3.05, 3.63) is 23.9 Å². The number of piperidine rings is 2. The molecular formula is C20H36N2O. The maximum absolute atomic E-state index is 9.83. The van der Waals surface area contributed by atoms with Crippen LogP contribution in [0.2, 0.25) is 0 Å². The molecule has 0 aromatic rings. The van der Waals surface area contributed by atoms with Crippen molar-refractivity contribution in [2.45, 2.75) is 66.2 Å². The van der Waals surface area contributed by atoms with Crippen LogP contribution < -0.4 is 0 Å². The van der Waals surface area contributed by atoms with Crippen LogP contribution in [0, 0.1) is 10.8 Å². The molecule has 23 heavy (non-hydrogen) atoms. The van der Waals surface area contributed by atoms with Crippen LogP contribution in [0.3, 0.4) is 0 Å². The van der Waals surface area contributed by atoms with Gasteiger partial charge >= 0.3 is 0 Å². The molecule has 0 spiro atoms. The summed E-state index contributed by atoms with van der Waals surface area (Å²) in [6, 6.07) is 0. The van der Waals surface area contributed by atoms with Crippen molar-refractivity contribution in [2.24, 2.45) is 10.8 Å². The summed E-state index contributed by atoms with van der Waals surface area (Å²) in [5, 5.41) is 11.3. The average molecular weight is 321 g/mol. The predicted octanol–water partition coefficient (Wildman–Crippen LogP) is 4.84. The van der Waals surface area contributed by atoms with Crippen LogP contribution in [0.1, 0.15) is 66.2 Å². The van der Waals surface area contributed by atoms with E-state index in [4.69, 9.17) is 0 Å². The van der Waals surface area contributed by atoms with Crippen molar-refractivity contribution in [3.8, 4) is 0 Å². The van der Waals surface area contributed by atoms with Crippen molar-refractivity contribution in [1.29, 1.82) is 0 Å². The number of likely N-dealkylation sites (tertiary alicyclic amines) is 1. The largest absolute Gasteiger partial charge is 0.377 e. The Bertz CT molecular complexity index is 459. The van der Waals surface area contributed by atoms with Gasteiger partial charge in [0.1, 0.15) is 0 Å². The van der Waals surface area contributed by atoms with Crippen molar-refractivity contribution in [1.82, 2.24) is 9.96 Å². The van der Waals surface area contributed by atoms with Crippen molar-refractivity contribution >= 4 is 0 Å². The van der Waals surface area contributed by atoms with E-state index in [1.165, 1.54) is 42.0 Å². The summed E-state index contributed by atoms with van der Waals surface area (Å²) in [6.07, 6.45) is 9.49. The van der Waals surface area contributed by atoms with Gasteiger partial charge < -0.3 is 10.1 Å². The van der Waals surface area contributed by atoms with Gasteiger partial charge in [-0.15, -0.1) is 6.58 Å². The zero-order valence-corrected chi connectivity index (χ0v) is 15.7. The zero-order valence-electron chi connectivity index (χ0n) is 15.7. The molecule has 2 aliphatic rings. The van der Waals surface area contributed by atoms with E-state index in [-0.39, 0.29) is 5.41 Å². The number of allylic oxidation sites excluding steroid dienone is 2. The lowest BCUT2D eigenvalue weighted by Crippen LogP contribution is -2.40. The fourth-order valence-electron chi connectivity index (χ4n) is 4.80. The summed E-state index contributed by atoms with van der Waals surface area (Å²) in [6.45, 7) is 17.2. The van der Waals surface area contributed by atoms with Crippen LogP contribution in [0.25, 0.3) is 0 Å². The molecule has 2 atom stereocenters. The second kappa shape index (κ2) is 7.40. The number of rotatable bonds is 5. The highest BCUT2D eigenvalue weighted by atomic mass is 16.5. The van der Waals surface area contributed by atoms with E-state index in [0.29, 0.717) is 5.41 Å². The minimum absolute atomic E-state index is 0.213. The van der Waals surface area contributed by atoms with Crippen LogP contribution in [-0.2, 0) is 0 Å². The van der Waals surface area contributed by atoms with E-state index < -0.39 is 0 Å². The van der Waals surface area contributed by atoms with Crippen LogP contribution in [0.4, 0.5) is 0 Å². The summed E-state index contributed by atoms with van der Waals surface area (Å²) in [7, 11) is 0. The molecule has 2 heterocycles. The molecule has 3 nitrogen and oxygen atoms in total. The van der Waals surface area contributed by atoms with Crippen LogP contribution in [0.5, 0.6) is 0 Å². The first kappa shape index (κ1) is 18.5. The first-order valence-electron chi connectivity index (χ1n) is 9.19. The third-order valence-corrected chi connectivity index (χ3v) is 5.41. The van der Waals surface area contributed by atoms with Crippen molar-refractivity contribution in [3.63, 3.8) is 0 Å². The Balaban J connectivity index is 1.95. The molecular weight excluding hydrogens is 284 g/mol. The average Bonchev–Trinajstić information content (AvgIpc) is 2.35. The lowest BCUT2D eigenvalue weighted by atomic mass is 9.76. The Morgan fingerprint density at radius 1 is 1.04 bits per heavy atom. The van der Waals surface area contributed by atoms with Gasteiger partial charge in [-0.25, -0.2) is 0 Å². The summed E-state index contributed by atoms with van der Waals surface area (Å²) < 4.78 is 0. The van der Waals surface area contributed by atoms with Gasteiger partial charge in [0.05, 0.1) is 0 Å². The highest BCUT2D eigenvalue weighted by molar-refractivity contribution is 5.06. The Kier molecular flexibility index (Phi) is 5.96. The minimum Gasteiger partial charge on any atom is -0.377 e. The topological polar surface area (TPSA) is 26.7 Å². The third-order valence-electron chi connectivity index (χ3n) is 5.41. The summed E-state index contributed by atoms with van der Waals surface area (Å²) in [5.74, 6) is 0. The van der Waals surface area contributed by atoms with Crippen LogP contribution >= 0.6 is 0 Å². The van der Waals surface area contributed by atoms with Crippen molar-refractivity contribution < 1.29 is 5.21 Å². The van der Waals surface area contributed by atoms with Gasteiger partial charge in [0.15, 0.2) is 0 Å². The predicted molar refractivity (Wildman–Crippen MR) is 97.4 cm³/mol. The molecule has 0 amide bonds. The Labute approximate surface area is 143 Å². The third kappa shape index (κ3) is 5.65. The van der Waals surface area contributed by atoms with Gasteiger partial charge in [-0.3, -0.25) is 0 Å². The van der Waals surface area contributed by atoms with Gasteiger partial charge in [0, 0.05) is 26.2 Å². The molecule has 0 aromatic heterocycles. The minimum atomic E-state index is 0.213. The van der Waals surface area contributed by atoms with E-state index >= 15 is 0 Å². The molecule has 132 valence electrons. The number of hydrogen-bond acceptors (Lipinski definition) is 3. The second-order valence-electron chi connectivity index (χ2n) is 8.97. The smallest absolute Gasteiger partial charge is 0.0295 e. The highest BCUT2D eigenvalue weighted by Crippen LogP contribution is 2.37. The fraction of sp³-hybridized carbons (Fsp3) is 0.800. The van der Waals surface area contributed by atoms with Gasteiger partial charge in [-0.1, -0.05) is 25.0 Å². The molecule has 0 aromatic carbocycles. The number of hydrogen-bond donors (Lipinski definition) is 1. The molecule has 2 rings (SSSR count).